The molecule has 2 rings (SSSR count). The van der Waals surface area contributed by atoms with Gasteiger partial charge in [0.25, 0.3) is 5.89 Å². The summed E-state index contributed by atoms with van der Waals surface area (Å²) >= 11 is 5.85. The van der Waals surface area contributed by atoms with Crippen LogP contribution in [0.4, 0.5) is 0 Å². The standard InChI is InChI=1S/C11H11ClN2O2/c1-7(12)10-13-11(16-14-10)8-4-3-5-9(6-8)15-2/h3-7H,1-2H3. The zero-order chi connectivity index (χ0) is 11.5. The summed E-state index contributed by atoms with van der Waals surface area (Å²) in [5.41, 5.74) is 0.815. The summed E-state index contributed by atoms with van der Waals surface area (Å²) in [6.45, 7) is 1.79. The topological polar surface area (TPSA) is 48.2 Å². The Bertz CT molecular complexity index is 482. The zero-order valence-corrected chi connectivity index (χ0v) is 9.73. The van der Waals surface area contributed by atoms with E-state index in [4.69, 9.17) is 20.9 Å². The van der Waals surface area contributed by atoms with E-state index in [1.54, 1.807) is 14.0 Å². The first kappa shape index (κ1) is 11.0. The smallest absolute Gasteiger partial charge is 0.258 e. The van der Waals surface area contributed by atoms with Gasteiger partial charge in [0.2, 0.25) is 0 Å². The van der Waals surface area contributed by atoms with Gasteiger partial charge in [-0.1, -0.05) is 11.2 Å². The van der Waals surface area contributed by atoms with Crippen LogP contribution in [0.3, 0.4) is 0 Å². The average molecular weight is 239 g/mol. The first-order chi connectivity index (χ1) is 7.70. The Kier molecular flexibility index (Phi) is 3.10. The van der Waals surface area contributed by atoms with Gasteiger partial charge in [0.1, 0.15) is 5.75 Å². The molecule has 0 bridgehead atoms. The van der Waals surface area contributed by atoms with E-state index in [9.17, 15) is 0 Å². The number of benzene rings is 1. The number of aromatic nitrogens is 2. The number of nitrogens with zero attached hydrogens (tertiary/aromatic N) is 2. The molecular formula is C11H11ClN2O2. The number of alkyl halides is 1. The SMILES string of the molecule is COc1cccc(-c2nc(C(C)Cl)no2)c1. The van der Waals surface area contributed by atoms with Gasteiger partial charge in [-0.2, -0.15) is 4.98 Å². The van der Waals surface area contributed by atoms with Gasteiger partial charge in [-0.25, -0.2) is 0 Å². The van der Waals surface area contributed by atoms with Crippen LogP contribution in [0.2, 0.25) is 0 Å². The van der Waals surface area contributed by atoms with Gasteiger partial charge in [-0.3, -0.25) is 0 Å². The predicted octanol–water partition coefficient (Wildman–Crippen LogP) is 3.05. The second kappa shape index (κ2) is 4.53. The number of rotatable bonds is 3. The van der Waals surface area contributed by atoms with Crippen LogP contribution >= 0.6 is 11.6 Å². The first-order valence-electron chi connectivity index (χ1n) is 4.83. The average Bonchev–Trinajstić information content (AvgIpc) is 2.78. The van der Waals surface area contributed by atoms with E-state index in [1.807, 2.05) is 24.3 Å². The molecule has 0 saturated carbocycles. The van der Waals surface area contributed by atoms with Gasteiger partial charge < -0.3 is 9.26 Å². The molecule has 2 aromatic rings. The van der Waals surface area contributed by atoms with Crippen LogP contribution < -0.4 is 4.74 Å². The minimum absolute atomic E-state index is 0.261. The number of hydrogen-bond acceptors (Lipinski definition) is 4. The van der Waals surface area contributed by atoms with Crippen molar-refractivity contribution in [3.63, 3.8) is 0 Å². The highest BCUT2D eigenvalue weighted by molar-refractivity contribution is 6.20. The van der Waals surface area contributed by atoms with Crippen molar-refractivity contribution in [2.24, 2.45) is 0 Å². The van der Waals surface area contributed by atoms with Crippen LogP contribution in [0.1, 0.15) is 18.1 Å². The minimum atomic E-state index is -0.261. The van der Waals surface area contributed by atoms with Gasteiger partial charge in [0.15, 0.2) is 5.82 Å². The molecule has 1 heterocycles. The van der Waals surface area contributed by atoms with Crippen molar-refractivity contribution < 1.29 is 9.26 Å². The lowest BCUT2D eigenvalue weighted by Crippen LogP contribution is -1.87. The van der Waals surface area contributed by atoms with E-state index < -0.39 is 0 Å². The van der Waals surface area contributed by atoms with Crippen molar-refractivity contribution >= 4 is 11.6 Å². The van der Waals surface area contributed by atoms with E-state index in [-0.39, 0.29) is 5.38 Å². The number of hydrogen-bond donors (Lipinski definition) is 0. The Morgan fingerprint density at radius 1 is 1.44 bits per heavy atom. The number of halogens is 1. The summed E-state index contributed by atoms with van der Waals surface area (Å²) < 4.78 is 10.2. The lowest BCUT2D eigenvalue weighted by molar-refractivity contribution is 0.412. The third-order valence-electron chi connectivity index (χ3n) is 2.11. The molecule has 16 heavy (non-hydrogen) atoms. The van der Waals surface area contributed by atoms with Crippen molar-refractivity contribution in [3.05, 3.63) is 30.1 Å². The Hall–Kier alpha value is -1.55. The van der Waals surface area contributed by atoms with Crippen LogP contribution in [0.15, 0.2) is 28.8 Å². The molecule has 0 aliphatic heterocycles. The molecule has 1 atom stereocenters. The Morgan fingerprint density at radius 2 is 2.25 bits per heavy atom. The second-order valence-electron chi connectivity index (χ2n) is 3.31. The van der Waals surface area contributed by atoms with Crippen LogP contribution in [-0.2, 0) is 0 Å². The summed E-state index contributed by atoms with van der Waals surface area (Å²) in [4.78, 5) is 4.19. The highest BCUT2D eigenvalue weighted by Gasteiger charge is 2.12. The van der Waals surface area contributed by atoms with E-state index >= 15 is 0 Å². The van der Waals surface area contributed by atoms with Crippen molar-refractivity contribution in [1.82, 2.24) is 10.1 Å². The van der Waals surface area contributed by atoms with Crippen LogP contribution in [0, 0.1) is 0 Å². The predicted molar refractivity (Wildman–Crippen MR) is 60.6 cm³/mol. The normalized spacial score (nSPS) is 12.4. The van der Waals surface area contributed by atoms with Crippen molar-refractivity contribution in [3.8, 4) is 17.2 Å². The zero-order valence-electron chi connectivity index (χ0n) is 8.98. The van der Waals surface area contributed by atoms with E-state index in [2.05, 4.69) is 10.1 Å². The highest BCUT2D eigenvalue weighted by Crippen LogP contribution is 2.24. The highest BCUT2D eigenvalue weighted by atomic mass is 35.5. The molecule has 0 radical (unpaired) electrons. The monoisotopic (exact) mass is 238 g/mol. The van der Waals surface area contributed by atoms with Crippen molar-refractivity contribution in [2.45, 2.75) is 12.3 Å². The lowest BCUT2D eigenvalue weighted by Gasteiger charge is -1.99. The summed E-state index contributed by atoms with van der Waals surface area (Å²) in [5, 5.41) is 3.53. The molecule has 0 aliphatic carbocycles. The quantitative estimate of drug-likeness (QED) is 0.771. The van der Waals surface area contributed by atoms with E-state index in [0.29, 0.717) is 11.7 Å². The Morgan fingerprint density at radius 3 is 2.88 bits per heavy atom. The molecule has 0 saturated heterocycles. The molecular weight excluding hydrogens is 228 g/mol. The Balaban J connectivity index is 2.34. The molecule has 0 amide bonds. The van der Waals surface area contributed by atoms with Gasteiger partial charge in [-0.15, -0.1) is 11.6 Å². The maximum atomic E-state index is 5.85. The number of ether oxygens (including phenoxy) is 1. The van der Waals surface area contributed by atoms with Gasteiger partial charge >= 0.3 is 0 Å². The first-order valence-corrected chi connectivity index (χ1v) is 5.26. The molecule has 5 heteroatoms. The molecule has 0 aliphatic rings. The van der Waals surface area contributed by atoms with Gasteiger partial charge in [-0.05, 0) is 25.1 Å². The summed E-state index contributed by atoms with van der Waals surface area (Å²) in [6.07, 6.45) is 0. The molecule has 1 unspecified atom stereocenters. The lowest BCUT2D eigenvalue weighted by atomic mass is 10.2. The third kappa shape index (κ3) is 2.17. The largest absolute Gasteiger partial charge is 0.497 e. The maximum Gasteiger partial charge on any atom is 0.258 e. The fourth-order valence-electron chi connectivity index (χ4n) is 1.27. The molecule has 84 valence electrons. The van der Waals surface area contributed by atoms with Crippen molar-refractivity contribution in [1.29, 1.82) is 0 Å². The summed E-state index contributed by atoms with van der Waals surface area (Å²) in [7, 11) is 1.61. The summed E-state index contributed by atoms with van der Waals surface area (Å²) in [5.74, 6) is 1.68. The van der Waals surface area contributed by atoms with Gasteiger partial charge in [0.05, 0.1) is 12.5 Å². The molecule has 0 N–H and O–H groups in total. The molecule has 4 nitrogen and oxygen atoms in total. The number of methoxy groups -OCH3 is 1. The van der Waals surface area contributed by atoms with Crippen LogP contribution in [0.25, 0.3) is 11.5 Å². The fraction of sp³-hybridized carbons (Fsp3) is 0.273. The van der Waals surface area contributed by atoms with Crippen LogP contribution in [0.5, 0.6) is 5.75 Å². The molecule has 1 aromatic heterocycles. The minimum Gasteiger partial charge on any atom is -0.497 e. The molecule has 0 spiro atoms. The van der Waals surface area contributed by atoms with E-state index in [0.717, 1.165) is 11.3 Å². The van der Waals surface area contributed by atoms with Gasteiger partial charge in [0, 0.05) is 5.56 Å². The van der Waals surface area contributed by atoms with E-state index in [1.165, 1.54) is 0 Å². The molecule has 1 aromatic carbocycles. The maximum absolute atomic E-state index is 5.85. The fourth-order valence-corrected chi connectivity index (χ4v) is 1.36. The van der Waals surface area contributed by atoms with Crippen molar-refractivity contribution in [2.75, 3.05) is 7.11 Å². The molecule has 0 fully saturated rings. The Labute approximate surface area is 98.2 Å². The summed E-state index contributed by atoms with van der Waals surface area (Å²) in [6, 6.07) is 7.42. The third-order valence-corrected chi connectivity index (χ3v) is 2.31. The van der Waals surface area contributed by atoms with Crippen LogP contribution in [-0.4, -0.2) is 17.3 Å². The second-order valence-corrected chi connectivity index (χ2v) is 3.96.